The van der Waals surface area contributed by atoms with Crippen LogP contribution in [-0.4, -0.2) is 25.8 Å². The first-order valence-electron chi connectivity index (χ1n) is 5.27. The second kappa shape index (κ2) is 5.72. The average Bonchev–Trinajstić information content (AvgIpc) is 2.75. The van der Waals surface area contributed by atoms with Gasteiger partial charge in [0.1, 0.15) is 10.6 Å². The largest absolute Gasteiger partial charge is 0.385 e. The number of hydrogen-bond acceptors (Lipinski definition) is 5. The molecule has 0 fully saturated rings. The van der Waals surface area contributed by atoms with Crippen LogP contribution in [0, 0.1) is 0 Å². The van der Waals surface area contributed by atoms with Crippen molar-refractivity contribution < 1.29 is 9.47 Å². The van der Waals surface area contributed by atoms with Crippen LogP contribution < -0.4 is 5.73 Å². The summed E-state index contributed by atoms with van der Waals surface area (Å²) in [4.78, 5) is 4.52. The van der Waals surface area contributed by atoms with E-state index < -0.39 is 0 Å². The van der Waals surface area contributed by atoms with Crippen LogP contribution >= 0.6 is 11.3 Å². The van der Waals surface area contributed by atoms with Crippen molar-refractivity contribution in [1.29, 1.82) is 0 Å². The molecule has 0 aromatic carbocycles. The maximum atomic E-state index is 6.00. The number of aromatic nitrogens is 1. The van der Waals surface area contributed by atoms with Gasteiger partial charge in [0, 0.05) is 26.2 Å². The number of rotatable bonds is 6. The molecule has 0 spiro atoms. The molecule has 0 saturated heterocycles. The first-order valence-corrected chi connectivity index (χ1v) is 6.14. The number of methoxy groups -OCH3 is 2. The fourth-order valence-corrected chi connectivity index (χ4v) is 2.20. The Morgan fingerprint density at radius 2 is 2.19 bits per heavy atom. The van der Waals surface area contributed by atoms with Gasteiger partial charge in [-0.25, -0.2) is 4.98 Å². The van der Waals surface area contributed by atoms with Gasteiger partial charge in [0.05, 0.1) is 11.7 Å². The predicted octanol–water partition coefficient (Wildman–Crippen LogP) is 2.06. The summed E-state index contributed by atoms with van der Waals surface area (Å²) in [6.45, 7) is 4.65. The van der Waals surface area contributed by atoms with E-state index in [-0.39, 0.29) is 11.6 Å². The van der Waals surface area contributed by atoms with Crippen molar-refractivity contribution >= 4 is 11.3 Å². The summed E-state index contributed by atoms with van der Waals surface area (Å²) in [5.41, 5.74) is 6.58. The first-order chi connectivity index (χ1) is 7.51. The molecule has 1 atom stereocenters. The van der Waals surface area contributed by atoms with Crippen LogP contribution in [0.1, 0.15) is 37.0 Å². The summed E-state index contributed by atoms with van der Waals surface area (Å²) in [5.74, 6) is 0. The molecular formula is C11H20N2O2S. The number of nitrogens with zero attached hydrogens (tertiary/aromatic N) is 1. The molecule has 0 aliphatic carbocycles. The van der Waals surface area contributed by atoms with E-state index in [1.807, 2.05) is 19.2 Å². The Balaban J connectivity index is 2.71. The Kier molecular flexibility index (Phi) is 4.86. The highest BCUT2D eigenvalue weighted by Gasteiger charge is 2.24. The third-order valence-corrected chi connectivity index (χ3v) is 3.73. The molecule has 5 heteroatoms. The van der Waals surface area contributed by atoms with Crippen LogP contribution in [0.25, 0.3) is 0 Å². The summed E-state index contributed by atoms with van der Waals surface area (Å²) in [6, 6.07) is -0.0578. The standard InChI is InChI=1S/C11H20N2O2S/c1-11(2,15-4)10-13-9(7-16-10)8(12)5-6-14-3/h7-8H,5-6,12H2,1-4H3. The van der Waals surface area contributed by atoms with Crippen molar-refractivity contribution in [2.45, 2.75) is 31.9 Å². The molecule has 0 radical (unpaired) electrons. The molecular weight excluding hydrogens is 224 g/mol. The van der Waals surface area contributed by atoms with Crippen LogP contribution in [0.15, 0.2) is 5.38 Å². The first kappa shape index (κ1) is 13.6. The summed E-state index contributed by atoms with van der Waals surface area (Å²) in [5, 5.41) is 2.95. The van der Waals surface area contributed by atoms with Crippen molar-refractivity contribution in [1.82, 2.24) is 4.98 Å². The van der Waals surface area contributed by atoms with Gasteiger partial charge in [-0.05, 0) is 20.3 Å². The lowest BCUT2D eigenvalue weighted by molar-refractivity contribution is 0.0189. The molecule has 0 aliphatic heterocycles. The number of nitrogens with two attached hydrogens (primary N) is 1. The van der Waals surface area contributed by atoms with Crippen LogP contribution in [0.3, 0.4) is 0 Å². The fourth-order valence-electron chi connectivity index (χ4n) is 1.21. The van der Waals surface area contributed by atoms with Crippen LogP contribution in [0.4, 0.5) is 0 Å². The van der Waals surface area contributed by atoms with Gasteiger partial charge >= 0.3 is 0 Å². The zero-order valence-electron chi connectivity index (χ0n) is 10.3. The van der Waals surface area contributed by atoms with Crippen LogP contribution in [0.2, 0.25) is 0 Å². The van der Waals surface area contributed by atoms with E-state index in [4.69, 9.17) is 15.2 Å². The molecule has 2 N–H and O–H groups in total. The van der Waals surface area contributed by atoms with Crippen molar-refractivity contribution in [2.24, 2.45) is 5.73 Å². The van der Waals surface area contributed by atoms with E-state index >= 15 is 0 Å². The molecule has 4 nitrogen and oxygen atoms in total. The topological polar surface area (TPSA) is 57.4 Å². The molecule has 92 valence electrons. The molecule has 0 amide bonds. The average molecular weight is 244 g/mol. The number of thiazole rings is 1. The Morgan fingerprint density at radius 3 is 2.75 bits per heavy atom. The Hall–Kier alpha value is -0.490. The van der Waals surface area contributed by atoms with Gasteiger partial charge in [-0.1, -0.05) is 0 Å². The van der Waals surface area contributed by atoms with Gasteiger partial charge in [0.2, 0.25) is 0 Å². The molecule has 1 rings (SSSR count). The highest BCUT2D eigenvalue weighted by molar-refractivity contribution is 7.09. The van der Waals surface area contributed by atoms with Gasteiger partial charge in [-0.15, -0.1) is 11.3 Å². The van der Waals surface area contributed by atoms with E-state index in [0.29, 0.717) is 6.61 Å². The van der Waals surface area contributed by atoms with Gasteiger partial charge in [-0.3, -0.25) is 0 Å². The van der Waals surface area contributed by atoms with Gasteiger partial charge in [0.15, 0.2) is 0 Å². The van der Waals surface area contributed by atoms with E-state index in [0.717, 1.165) is 17.1 Å². The Labute approximate surface area is 101 Å². The molecule has 0 saturated carbocycles. The summed E-state index contributed by atoms with van der Waals surface area (Å²) >= 11 is 1.59. The molecule has 1 aromatic heterocycles. The normalized spacial score (nSPS) is 14.1. The van der Waals surface area contributed by atoms with E-state index in [1.165, 1.54) is 0 Å². The van der Waals surface area contributed by atoms with Crippen LogP contribution in [0.5, 0.6) is 0 Å². The molecule has 1 aromatic rings. The Morgan fingerprint density at radius 1 is 1.50 bits per heavy atom. The maximum Gasteiger partial charge on any atom is 0.124 e. The SMILES string of the molecule is COCCC(N)c1csc(C(C)(C)OC)n1. The van der Waals surface area contributed by atoms with Gasteiger partial charge < -0.3 is 15.2 Å². The van der Waals surface area contributed by atoms with Crippen molar-refractivity contribution in [3.63, 3.8) is 0 Å². The zero-order chi connectivity index (χ0) is 12.2. The molecule has 1 heterocycles. The summed E-state index contributed by atoms with van der Waals surface area (Å²) in [7, 11) is 3.36. The molecule has 1 unspecified atom stereocenters. The molecule has 16 heavy (non-hydrogen) atoms. The van der Waals surface area contributed by atoms with Crippen molar-refractivity contribution in [2.75, 3.05) is 20.8 Å². The van der Waals surface area contributed by atoms with E-state index in [1.54, 1.807) is 25.6 Å². The molecule has 0 aliphatic rings. The second-order valence-electron chi connectivity index (χ2n) is 4.18. The van der Waals surface area contributed by atoms with Crippen molar-refractivity contribution in [3.8, 4) is 0 Å². The van der Waals surface area contributed by atoms with E-state index in [9.17, 15) is 0 Å². The predicted molar refractivity (Wildman–Crippen MR) is 65.6 cm³/mol. The summed E-state index contributed by atoms with van der Waals surface area (Å²) in [6.07, 6.45) is 0.785. The van der Waals surface area contributed by atoms with Gasteiger partial charge in [-0.2, -0.15) is 0 Å². The minimum Gasteiger partial charge on any atom is -0.385 e. The quantitative estimate of drug-likeness (QED) is 0.832. The summed E-state index contributed by atoms with van der Waals surface area (Å²) < 4.78 is 10.4. The zero-order valence-corrected chi connectivity index (χ0v) is 11.1. The number of ether oxygens (including phenoxy) is 2. The lowest BCUT2D eigenvalue weighted by Gasteiger charge is -2.19. The third-order valence-electron chi connectivity index (χ3n) is 2.56. The minimum absolute atomic E-state index is 0.0578. The Bertz CT molecular complexity index is 326. The van der Waals surface area contributed by atoms with Gasteiger partial charge in [0.25, 0.3) is 0 Å². The smallest absolute Gasteiger partial charge is 0.124 e. The monoisotopic (exact) mass is 244 g/mol. The lowest BCUT2D eigenvalue weighted by atomic mass is 10.1. The lowest BCUT2D eigenvalue weighted by Crippen LogP contribution is -2.20. The maximum absolute atomic E-state index is 6.00. The highest BCUT2D eigenvalue weighted by atomic mass is 32.1. The highest BCUT2D eigenvalue weighted by Crippen LogP contribution is 2.28. The fraction of sp³-hybridized carbons (Fsp3) is 0.727. The van der Waals surface area contributed by atoms with E-state index in [2.05, 4.69) is 4.98 Å². The molecule has 0 bridgehead atoms. The van der Waals surface area contributed by atoms with Crippen LogP contribution in [-0.2, 0) is 15.1 Å². The third kappa shape index (κ3) is 3.25. The van der Waals surface area contributed by atoms with Crippen molar-refractivity contribution in [3.05, 3.63) is 16.1 Å². The second-order valence-corrected chi connectivity index (χ2v) is 5.04. The minimum atomic E-state index is -0.343. The number of hydrogen-bond donors (Lipinski definition) is 1.